The number of H-pyrrole nitrogens is 1. The highest BCUT2D eigenvalue weighted by Gasteiger charge is 2.11. The Bertz CT molecular complexity index is 654. The molecule has 2 aromatic rings. The molecule has 0 aliphatic rings. The smallest absolute Gasteiger partial charge is 0.387 e. The number of halogens is 2. The summed E-state index contributed by atoms with van der Waals surface area (Å²) in [4.78, 5) is 12.0. The second-order valence-corrected chi connectivity index (χ2v) is 5.90. The zero-order valence-corrected chi connectivity index (χ0v) is 13.7. The van der Waals surface area contributed by atoms with Gasteiger partial charge in [-0.05, 0) is 42.5 Å². The van der Waals surface area contributed by atoms with Gasteiger partial charge in [0, 0.05) is 12.2 Å². The number of carbonyl (C=O) groups is 1. The van der Waals surface area contributed by atoms with Crippen LogP contribution in [-0.2, 0) is 12.8 Å². The van der Waals surface area contributed by atoms with E-state index in [1.54, 1.807) is 18.2 Å². The zero-order valence-electron chi connectivity index (χ0n) is 13.7. The fourth-order valence-electron chi connectivity index (χ4n) is 2.27. The summed E-state index contributed by atoms with van der Waals surface area (Å²) in [6.45, 7) is 1.79. The predicted octanol–water partition coefficient (Wildman–Crippen LogP) is 3.18. The van der Waals surface area contributed by atoms with Gasteiger partial charge in [0.15, 0.2) is 0 Å². The average molecular weight is 337 g/mol. The lowest BCUT2D eigenvalue weighted by Crippen LogP contribution is -2.26. The number of amides is 1. The highest BCUT2D eigenvalue weighted by Crippen LogP contribution is 2.15. The molecular weight excluding hydrogens is 316 g/mol. The first kappa shape index (κ1) is 17.9. The number of carbonyl (C=O) groups excluding carboxylic acids is 1. The molecule has 0 unspecified atom stereocenters. The first-order valence-electron chi connectivity index (χ1n) is 7.80. The lowest BCUT2D eigenvalue weighted by molar-refractivity contribution is -0.0498. The summed E-state index contributed by atoms with van der Waals surface area (Å²) in [5.74, 6) is 0.365. The number of nitrogens with one attached hydrogen (secondary N) is 2. The summed E-state index contributed by atoms with van der Waals surface area (Å²) >= 11 is 0. The normalized spacial score (nSPS) is 11.1. The number of hydrogen-bond donors (Lipinski definition) is 2. The Morgan fingerprint density at radius 2 is 2.00 bits per heavy atom. The van der Waals surface area contributed by atoms with E-state index < -0.39 is 6.61 Å². The molecule has 0 atom stereocenters. The number of aromatic nitrogens is 2. The van der Waals surface area contributed by atoms with E-state index in [2.05, 4.69) is 34.1 Å². The van der Waals surface area contributed by atoms with Crippen LogP contribution in [0.4, 0.5) is 8.78 Å². The number of rotatable bonds is 8. The second kappa shape index (κ2) is 8.42. The molecule has 24 heavy (non-hydrogen) atoms. The summed E-state index contributed by atoms with van der Waals surface area (Å²) in [6, 6.07) is 8.11. The molecule has 5 nitrogen and oxygen atoms in total. The van der Waals surface area contributed by atoms with Crippen molar-refractivity contribution in [2.45, 2.75) is 33.3 Å². The lowest BCUT2D eigenvalue weighted by atomic mass is 10.1. The van der Waals surface area contributed by atoms with Gasteiger partial charge in [-0.25, -0.2) is 0 Å². The number of alkyl halides is 2. The fraction of sp³-hybridized carbons (Fsp3) is 0.412. The predicted molar refractivity (Wildman–Crippen MR) is 86.2 cm³/mol. The van der Waals surface area contributed by atoms with E-state index in [9.17, 15) is 13.6 Å². The minimum atomic E-state index is -2.83. The van der Waals surface area contributed by atoms with Crippen LogP contribution < -0.4 is 10.1 Å². The maximum absolute atomic E-state index is 12.1. The first-order chi connectivity index (χ1) is 11.4. The van der Waals surface area contributed by atoms with Crippen molar-refractivity contribution in [3.05, 3.63) is 47.3 Å². The fourth-order valence-corrected chi connectivity index (χ4v) is 2.27. The molecular formula is C17H21F2N3O2. The van der Waals surface area contributed by atoms with Crippen LogP contribution in [0.25, 0.3) is 0 Å². The Balaban J connectivity index is 1.78. The summed E-state index contributed by atoms with van der Waals surface area (Å²) < 4.78 is 28.4. The number of nitrogens with zero attached hydrogens (tertiary/aromatic N) is 1. The SMILES string of the molecule is CC(C)Cc1cc(C(=O)NCCc2ccc(OC(F)F)cc2)n[nH]1. The van der Waals surface area contributed by atoms with Gasteiger partial charge in [0.2, 0.25) is 0 Å². The highest BCUT2D eigenvalue weighted by molar-refractivity contribution is 5.92. The molecule has 2 rings (SSSR count). The molecule has 0 saturated heterocycles. The van der Waals surface area contributed by atoms with E-state index in [4.69, 9.17) is 0 Å². The van der Waals surface area contributed by atoms with Crippen LogP contribution in [0.1, 0.15) is 35.6 Å². The molecule has 0 radical (unpaired) electrons. The Morgan fingerprint density at radius 1 is 1.29 bits per heavy atom. The number of benzene rings is 1. The molecule has 1 heterocycles. The van der Waals surface area contributed by atoms with Crippen molar-refractivity contribution in [3.8, 4) is 5.75 Å². The maximum atomic E-state index is 12.1. The summed E-state index contributed by atoms with van der Waals surface area (Å²) in [7, 11) is 0. The maximum Gasteiger partial charge on any atom is 0.387 e. The van der Waals surface area contributed by atoms with Crippen molar-refractivity contribution in [2.75, 3.05) is 6.54 Å². The summed E-state index contributed by atoms with van der Waals surface area (Å²) in [6.07, 6.45) is 1.43. The van der Waals surface area contributed by atoms with Crippen molar-refractivity contribution in [3.63, 3.8) is 0 Å². The Kier molecular flexibility index (Phi) is 6.28. The molecule has 0 aliphatic carbocycles. The van der Waals surface area contributed by atoms with Crippen LogP contribution in [0.5, 0.6) is 5.75 Å². The molecule has 0 spiro atoms. The van der Waals surface area contributed by atoms with Crippen molar-refractivity contribution < 1.29 is 18.3 Å². The third kappa shape index (κ3) is 5.64. The van der Waals surface area contributed by atoms with Gasteiger partial charge >= 0.3 is 6.61 Å². The van der Waals surface area contributed by atoms with Gasteiger partial charge in [-0.3, -0.25) is 9.89 Å². The third-order valence-corrected chi connectivity index (χ3v) is 3.34. The Hall–Kier alpha value is -2.44. The molecule has 0 aliphatic heterocycles. The molecule has 1 amide bonds. The molecule has 1 aromatic carbocycles. The quantitative estimate of drug-likeness (QED) is 0.777. The molecule has 7 heteroatoms. The van der Waals surface area contributed by atoms with E-state index >= 15 is 0 Å². The van der Waals surface area contributed by atoms with Crippen LogP contribution in [0.15, 0.2) is 30.3 Å². The summed E-state index contributed by atoms with van der Waals surface area (Å²) in [5.41, 5.74) is 2.22. The second-order valence-electron chi connectivity index (χ2n) is 5.90. The molecule has 0 saturated carbocycles. The van der Waals surface area contributed by atoms with Gasteiger partial charge in [-0.15, -0.1) is 0 Å². The van der Waals surface area contributed by atoms with Crippen LogP contribution >= 0.6 is 0 Å². The van der Waals surface area contributed by atoms with Gasteiger partial charge < -0.3 is 10.1 Å². The van der Waals surface area contributed by atoms with Crippen molar-refractivity contribution >= 4 is 5.91 Å². The topological polar surface area (TPSA) is 67.0 Å². The van der Waals surface area contributed by atoms with Crippen molar-refractivity contribution in [1.82, 2.24) is 15.5 Å². The van der Waals surface area contributed by atoms with E-state index in [1.807, 2.05) is 0 Å². The van der Waals surface area contributed by atoms with Gasteiger partial charge in [0.1, 0.15) is 11.4 Å². The van der Waals surface area contributed by atoms with E-state index in [0.29, 0.717) is 24.6 Å². The molecule has 0 fully saturated rings. The zero-order chi connectivity index (χ0) is 17.5. The van der Waals surface area contributed by atoms with E-state index in [0.717, 1.165) is 17.7 Å². The molecule has 0 bridgehead atoms. The lowest BCUT2D eigenvalue weighted by Gasteiger charge is -2.06. The first-order valence-corrected chi connectivity index (χ1v) is 7.80. The minimum Gasteiger partial charge on any atom is -0.435 e. The number of aromatic amines is 1. The monoisotopic (exact) mass is 337 g/mol. The van der Waals surface area contributed by atoms with Crippen molar-refractivity contribution in [2.24, 2.45) is 5.92 Å². The van der Waals surface area contributed by atoms with Gasteiger partial charge in [-0.1, -0.05) is 26.0 Å². The van der Waals surface area contributed by atoms with Crippen LogP contribution in [0, 0.1) is 5.92 Å². The van der Waals surface area contributed by atoms with Crippen molar-refractivity contribution in [1.29, 1.82) is 0 Å². The average Bonchev–Trinajstić information content (AvgIpc) is 2.96. The third-order valence-electron chi connectivity index (χ3n) is 3.34. The van der Waals surface area contributed by atoms with Gasteiger partial charge in [-0.2, -0.15) is 13.9 Å². The largest absolute Gasteiger partial charge is 0.435 e. The summed E-state index contributed by atoms with van der Waals surface area (Å²) in [5, 5.41) is 9.66. The van der Waals surface area contributed by atoms with Crippen LogP contribution in [0.2, 0.25) is 0 Å². The standard InChI is InChI=1S/C17H21F2N3O2/c1-11(2)9-13-10-15(22-21-13)16(23)20-8-7-12-3-5-14(6-4-12)24-17(18)19/h3-6,10-11,17H,7-9H2,1-2H3,(H,20,23)(H,21,22). The van der Waals surface area contributed by atoms with Gasteiger partial charge in [0.05, 0.1) is 0 Å². The van der Waals surface area contributed by atoms with Crippen LogP contribution in [-0.4, -0.2) is 29.3 Å². The molecule has 2 N–H and O–H groups in total. The molecule has 130 valence electrons. The van der Waals surface area contributed by atoms with E-state index in [-0.39, 0.29) is 11.7 Å². The number of hydrogen-bond acceptors (Lipinski definition) is 3. The number of ether oxygens (including phenoxy) is 1. The molecule has 1 aromatic heterocycles. The van der Waals surface area contributed by atoms with Crippen LogP contribution in [0.3, 0.4) is 0 Å². The minimum absolute atomic E-state index is 0.118. The Labute approximate surface area is 139 Å². The van der Waals surface area contributed by atoms with E-state index in [1.165, 1.54) is 12.1 Å². The Morgan fingerprint density at radius 3 is 2.62 bits per heavy atom. The highest BCUT2D eigenvalue weighted by atomic mass is 19.3. The van der Waals surface area contributed by atoms with Gasteiger partial charge in [0.25, 0.3) is 5.91 Å².